The summed E-state index contributed by atoms with van der Waals surface area (Å²) in [5.74, 6) is 0.390. The molecule has 4 heteroatoms. The molecule has 0 N–H and O–H groups in total. The van der Waals surface area contributed by atoms with E-state index in [0.29, 0.717) is 28.1 Å². The number of halogens is 1. The molecule has 0 bridgehead atoms. The first-order valence-electron chi connectivity index (χ1n) is 7.78. The lowest BCUT2D eigenvalue weighted by Gasteiger charge is -2.21. The van der Waals surface area contributed by atoms with Crippen LogP contribution in [-0.2, 0) is 0 Å². The van der Waals surface area contributed by atoms with Gasteiger partial charge in [0, 0.05) is 11.5 Å². The fraction of sp³-hybridized carbons (Fsp3) is 0.263. The van der Waals surface area contributed by atoms with Crippen LogP contribution in [0, 0.1) is 24.1 Å². The first-order chi connectivity index (χ1) is 11.2. The van der Waals surface area contributed by atoms with Crippen molar-refractivity contribution in [3.63, 3.8) is 0 Å². The van der Waals surface area contributed by atoms with E-state index >= 15 is 4.39 Å². The second kappa shape index (κ2) is 5.20. The molecule has 1 aliphatic rings. The molecule has 114 valence electrons. The lowest BCUT2D eigenvalue weighted by atomic mass is 9.85. The van der Waals surface area contributed by atoms with E-state index in [1.807, 2.05) is 30.3 Å². The molecule has 0 aliphatic heterocycles. The number of oxazole rings is 1. The van der Waals surface area contributed by atoms with Gasteiger partial charge in [0.25, 0.3) is 0 Å². The Morgan fingerprint density at radius 3 is 2.61 bits per heavy atom. The second-order valence-electron chi connectivity index (χ2n) is 6.02. The maximum Gasteiger partial charge on any atom is 0.198 e. The minimum absolute atomic E-state index is 0.105. The Labute approximate surface area is 133 Å². The molecule has 0 spiro atoms. The highest BCUT2D eigenvalue weighted by atomic mass is 19.1. The van der Waals surface area contributed by atoms with E-state index in [1.54, 1.807) is 6.92 Å². The number of rotatable bonds is 2. The predicted octanol–water partition coefficient (Wildman–Crippen LogP) is 5.08. The van der Waals surface area contributed by atoms with Crippen molar-refractivity contribution in [2.24, 2.45) is 0 Å². The highest BCUT2D eigenvalue weighted by molar-refractivity contribution is 5.89. The molecule has 4 rings (SSSR count). The quantitative estimate of drug-likeness (QED) is 0.663. The van der Waals surface area contributed by atoms with Gasteiger partial charge in [0.15, 0.2) is 17.3 Å². The Morgan fingerprint density at radius 2 is 2.00 bits per heavy atom. The van der Waals surface area contributed by atoms with Gasteiger partial charge >= 0.3 is 0 Å². The topological polar surface area (TPSA) is 49.8 Å². The standard InChI is InChI=1S/C19H15FN2O/c1-11-14(10-21)17-18(23-19(22-17)13-8-5-9-13)16(20)15(11)12-6-3-2-4-7-12/h2-4,6-7,13H,5,8-9H2,1H3. The zero-order chi connectivity index (χ0) is 16.0. The number of hydrogen-bond acceptors (Lipinski definition) is 3. The van der Waals surface area contributed by atoms with Crippen LogP contribution < -0.4 is 0 Å². The van der Waals surface area contributed by atoms with Gasteiger partial charge in [-0.1, -0.05) is 36.8 Å². The summed E-state index contributed by atoms with van der Waals surface area (Å²) < 4.78 is 20.8. The maximum atomic E-state index is 15.1. The predicted molar refractivity (Wildman–Crippen MR) is 85.4 cm³/mol. The van der Waals surface area contributed by atoms with Gasteiger partial charge in [0.1, 0.15) is 11.6 Å². The zero-order valence-corrected chi connectivity index (χ0v) is 12.8. The minimum Gasteiger partial charge on any atom is -0.437 e. The van der Waals surface area contributed by atoms with Gasteiger partial charge in [-0.15, -0.1) is 0 Å². The second-order valence-corrected chi connectivity index (χ2v) is 6.02. The van der Waals surface area contributed by atoms with Crippen LogP contribution in [-0.4, -0.2) is 4.98 Å². The van der Waals surface area contributed by atoms with Crippen molar-refractivity contribution in [1.29, 1.82) is 5.26 Å². The number of nitrogens with zero attached hydrogens (tertiary/aromatic N) is 2. The first-order valence-corrected chi connectivity index (χ1v) is 7.78. The van der Waals surface area contributed by atoms with Crippen molar-refractivity contribution < 1.29 is 8.81 Å². The molecule has 1 heterocycles. The summed E-state index contributed by atoms with van der Waals surface area (Å²) in [5, 5.41) is 9.54. The van der Waals surface area contributed by atoms with E-state index in [-0.39, 0.29) is 11.5 Å². The smallest absolute Gasteiger partial charge is 0.198 e. The van der Waals surface area contributed by atoms with Crippen LogP contribution in [0.1, 0.15) is 42.2 Å². The summed E-state index contributed by atoms with van der Waals surface area (Å²) in [5.41, 5.74) is 2.62. The number of benzene rings is 2. The molecule has 3 aromatic rings. The average molecular weight is 306 g/mol. The minimum atomic E-state index is -0.430. The third-order valence-corrected chi connectivity index (χ3v) is 4.68. The summed E-state index contributed by atoms with van der Waals surface area (Å²) in [7, 11) is 0. The average Bonchev–Trinajstić information content (AvgIpc) is 2.92. The Kier molecular flexibility index (Phi) is 3.16. The molecule has 0 radical (unpaired) electrons. The van der Waals surface area contributed by atoms with Crippen molar-refractivity contribution in [3.8, 4) is 17.2 Å². The van der Waals surface area contributed by atoms with Gasteiger partial charge in [-0.25, -0.2) is 9.37 Å². The third kappa shape index (κ3) is 2.04. The molecule has 0 amide bonds. The first kappa shape index (κ1) is 14.0. The van der Waals surface area contributed by atoms with Crippen molar-refractivity contribution in [1.82, 2.24) is 4.98 Å². The SMILES string of the molecule is Cc1c(-c2ccccc2)c(F)c2oc(C3CCC3)nc2c1C#N. The van der Waals surface area contributed by atoms with E-state index in [4.69, 9.17) is 4.42 Å². The van der Waals surface area contributed by atoms with Gasteiger partial charge in [-0.3, -0.25) is 0 Å². The van der Waals surface area contributed by atoms with Crippen molar-refractivity contribution >= 4 is 11.1 Å². The Morgan fingerprint density at radius 1 is 1.26 bits per heavy atom. The maximum absolute atomic E-state index is 15.1. The van der Waals surface area contributed by atoms with Crippen LogP contribution in [0.5, 0.6) is 0 Å². The van der Waals surface area contributed by atoms with Crippen LogP contribution in [0.4, 0.5) is 4.39 Å². The zero-order valence-electron chi connectivity index (χ0n) is 12.8. The van der Waals surface area contributed by atoms with Crippen LogP contribution >= 0.6 is 0 Å². The van der Waals surface area contributed by atoms with Crippen molar-refractivity contribution in [2.75, 3.05) is 0 Å². The highest BCUT2D eigenvalue weighted by Gasteiger charge is 2.28. The van der Waals surface area contributed by atoms with E-state index in [1.165, 1.54) is 0 Å². The summed E-state index contributed by atoms with van der Waals surface area (Å²) >= 11 is 0. The van der Waals surface area contributed by atoms with Crippen LogP contribution in [0.3, 0.4) is 0 Å². The number of aromatic nitrogens is 1. The molecule has 0 unspecified atom stereocenters. The Bertz CT molecular complexity index is 934. The normalized spacial score (nSPS) is 14.7. The number of fused-ring (bicyclic) bond motifs is 1. The molecule has 2 aromatic carbocycles. The molecule has 0 saturated heterocycles. The summed E-state index contributed by atoms with van der Waals surface area (Å²) in [6, 6.07) is 11.4. The summed E-state index contributed by atoms with van der Waals surface area (Å²) in [4.78, 5) is 4.43. The van der Waals surface area contributed by atoms with Gasteiger partial charge in [0.2, 0.25) is 0 Å². The summed E-state index contributed by atoms with van der Waals surface area (Å²) in [6.07, 6.45) is 3.17. The highest BCUT2D eigenvalue weighted by Crippen LogP contribution is 2.40. The van der Waals surface area contributed by atoms with Crippen LogP contribution in [0.2, 0.25) is 0 Å². The summed E-state index contributed by atoms with van der Waals surface area (Å²) in [6.45, 7) is 1.76. The fourth-order valence-corrected chi connectivity index (χ4v) is 3.15. The molecule has 1 saturated carbocycles. The number of nitriles is 1. The molecule has 1 fully saturated rings. The molecule has 3 nitrogen and oxygen atoms in total. The van der Waals surface area contributed by atoms with Gasteiger partial charge in [-0.05, 0) is 30.9 Å². The molecule has 1 aromatic heterocycles. The lowest BCUT2D eigenvalue weighted by Crippen LogP contribution is -2.08. The molecule has 23 heavy (non-hydrogen) atoms. The lowest BCUT2D eigenvalue weighted by molar-refractivity contribution is 0.342. The monoisotopic (exact) mass is 306 g/mol. The molecule has 1 aliphatic carbocycles. The van der Waals surface area contributed by atoms with E-state index in [2.05, 4.69) is 11.1 Å². The van der Waals surface area contributed by atoms with E-state index < -0.39 is 5.82 Å². The molecular formula is C19H15FN2O. The van der Waals surface area contributed by atoms with Gasteiger partial charge < -0.3 is 4.42 Å². The fourth-order valence-electron chi connectivity index (χ4n) is 3.15. The van der Waals surface area contributed by atoms with Crippen molar-refractivity contribution in [3.05, 3.63) is 53.2 Å². The van der Waals surface area contributed by atoms with E-state index in [9.17, 15) is 5.26 Å². The Balaban J connectivity index is 2.03. The molecule has 0 atom stereocenters. The number of hydrogen-bond donors (Lipinski definition) is 0. The van der Waals surface area contributed by atoms with Gasteiger partial charge in [0.05, 0.1) is 5.56 Å². The van der Waals surface area contributed by atoms with Gasteiger partial charge in [-0.2, -0.15) is 5.26 Å². The van der Waals surface area contributed by atoms with E-state index in [0.717, 1.165) is 24.8 Å². The Hall–Kier alpha value is -2.67. The third-order valence-electron chi connectivity index (χ3n) is 4.68. The van der Waals surface area contributed by atoms with Crippen molar-refractivity contribution in [2.45, 2.75) is 32.1 Å². The molecular weight excluding hydrogens is 291 g/mol. The largest absolute Gasteiger partial charge is 0.437 e. The van der Waals surface area contributed by atoms with Crippen LogP contribution in [0.25, 0.3) is 22.2 Å². The van der Waals surface area contributed by atoms with Crippen LogP contribution in [0.15, 0.2) is 34.7 Å².